The van der Waals surface area contributed by atoms with Gasteiger partial charge in [-0.3, -0.25) is 0 Å². The second-order valence-electron chi connectivity index (χ2n) is 5.44. The van der Waals surface area contributed by atoms with Crippen molar-refractivity contribution in [3.8, 4) is 11.5 Å². The Morgan fingerprint density at radius 1 is 1.24 bits per heavy atom. The molecular formula is C17H21NO3. The highest BCUT2D eigenvalue weighted by Crippen LogP contribution is 2.23. The number of benzene rings is 1. The van der Waals surface area contributed by atoms with Crippen molar-refractivity contribution < 1.29 is 13.9 Å². The summed E-state index contributed by atoms with van der Waals surface area (Å²) in [6, 6.07) is 10.3. The fourth-order valence-electron chi connectivity index (χ4n) is 2.21. The smallest absolute Gasteiger partial charge is 0.146 e. The van der Waals surface area contributed by atoms with Gasteiger partial charge in [-0.05, 0) is 43.5 Å². The Hall–Kier alpha value is -1.94. The van der Waals surface area contributed by atoms with Crippen LogP contribution >= 0.6 is 0 Å². The Kier molecular flexibility index (Phi) is 4.15. The van der Waals surface area contributed by atoms with E-state index in [1.807, 2.05) is 30.3 Å². The van der Waals surface area contributed by atoms with Gasteiger partial charge in [-0.1, -0.05) is 6.07 Å². The third-order valence-electron chi connectivity index (χ3n) is 3.62. The fraction of sp³-hybridized carbons (Fsp3) is 0.412. The third kappa shape index (κ3) is 3.79. The zero-order chi connectivity index (χ0) is 14.7. The molecule has 1 aromatic carbocycles. The van der Waals surface area contributed by atoms with E-state index >= 15 is 0 Å². The van der Waals surface area contributed by atoms with Gasteiger partial charge in [-0.2, -0.15) is 0 Å². The molecule has 0 saturated heterocycles. The molecule has 1 fully saturated rings. The van der Waals surface area contributed by atoms with Gasteiger partial charge in [0.25, 0.3) is 0 Å². The molecule has 1 heterocycles. The van der Waals surface area contributed by atoms with Crippen molar-refractivity contribution >= 4 is 0 Å². The predicted octanol–water partition coefficient (Wildman–Crippen LogP) is 3.43. The van der Waals surface area contributed by atoms with Gasteiger partial charge in [0.1, 0.15) is 29.6 Å². The summed E-state index contributed by atoms with van der Waals surface area (Å²) in [6.45, 7) is 3.30. The molecule has 2 aromatic rings. The van der Waals surface area contributed by atoms with Crippen molar-refractivity contribution in [3.05, 3.63) is 47.4 Å². The molecule has 1 aliphatic rings. The molecule has 0 bridgehead atoms. The summed E-state index contributed by atoms with van der Waals surface area (Å²) in [7, 11) is 1.65. The monoisotopic (exact) mass is 287 g/mol. The number of methoxy groups -OCH3 is 1. The Balaban J connectivity index is 1.57. The second-order valence-corrected chi connectivity index (χ2v) is 5.44. The lowest BCUT2D eigenvalue weighted by Gasteiger charge is -2.06. The van der Waals surface area contributed by atoms with Crippen LogP contribution in [0.15, 0.2) is 34.7 Å². The molecule has 112 valence electrons. The Labute approximate surface area is 125 Å². The minimum absolute atomic E-state index is 0.428. The Bertz CT molecular complexity index is 602. The molecule has 0 aliphatic heterocycles. The van der Waals surface area contributed by atoms with Gasteiger partial charge in [0.05, 0.1) is 13.7 Å². The van der Waals surface area contributed by atoms with Gasteiger partial charge in [-0.15, -0.1) is 0 Å². The minimum Gasteiger partial charge on any atom is -0.497 e. The number of hydrogen-bond acceptors (Lipinski definition) is 4. The summed E-state index contributed by atoms with van der Waals surface area (Å²) < 4.78 is 16.8. The average Bonchev–Trinajstić information content (AvgIpc) is 3.27. The highest BCUT2D eigenvalue weighted by atomic mass is 16.5. The van der Waals surface area contributed by atoms with Crippen LogP contribution in [0.2, 0.25) is 0 Å². The number of aryl methyl sites for hydroxylation is 1. The van der Waals surface area contributed by atoms with Crippen molar-refractivity contribution in [1.29, 1.82) is 0 Å². The highest BCUT2D eigenvalue weighted by Gasteiger charge is 2.21. The van der Waals surface area contributed by atoms with Crippen LogP contribution in [-0.2, 0) is 13.2 Å². The molecular weight excluding hydrogens is 266 g/mol. The molecule has 0 amide bonds. The van der Waals surface area contributed by atoms with E-state index in [0.29, 0.717) is 12.6 Å². The van der Waals surface area contributed by atoms with Gasteiger partial charge >= 0.3 is 0 Å². The molecule has 4 nitrogen and oxygen atoms in total. The van der Waals surface area contributed by atoms with Gasteiger partial charge in [0, 0.05) is 12.1 Å². The first-order valence-electron chi connectivity index (χ1n) is 7.33. The molecule has 0 spiro atoms. The summed E-state index contributed by atoms with van der Waals surface area (Å²) in [4.78, 5) is 0. The van der Waals surface area contributed by atoms with Crippen molar-refractivity contribution in [2.75, 3.05) is 7.11 Å². The van der Waals surface area contributed by atoms with Crippen LogP contribution in [0.3, 0.4) is 0 Å². The van der Waals surface area contributed by atoms with E-state index in [1.165, 1.54) is 18.4 Å². The second kappa shape index (κ2) is 6.22. The van der Waals surface area contributed by atoms with Gasteiger partial charge in [0.2, 0.25) is 0 Å². The van der Waals surface area contributed by atoms with Crippen LogP contribution in [0.4, 0.5) is 0 Å². The van der Waals surface area contributed by atoms with E-state index in [2.05, 4.69) is 12.2 Å². The first kappa shape index (κ1) is 14.0. The van der Waals surface area contributed by atoms with Crippen LogP contribution in [0, 0.1) is 6.92 Å². The minimum atomic E-state index is 0.428. The van der Waals surface area contributed by atoms with Crippen molar-refractivity contribution in [2.45, 2.75) is 39.0 Å². The molecule has 0 radical (unpaired) electrons. The number of nitrogens with one attached hydrogen (secondary N) is 1. The quantitative estimate of drug-likeness (QED) is 0.847. The van der Waals surface area contributed by atoms with Crippen molar-refractivity contribution in [1.82, 2.24) is 5.32 Å². The Morgan fingerprint density at radius 2 is 2.05 bits per heavy atom. The van der Waals surface area contributed by atoms with E-state index in [1.54, 1.807) is 7.11 Å². The SMILES string of the molecule is COc1cccc(OCc2cc(C)c(CNC3CC3)o2)c1. The van der Waals surface area contributed by atoms with Gasteiger partial charge in [0.15, 0.2) is 0 Å². The molecule has 4 heteroatoms. The van der Waals surface area contributed by atoms with E-state index in [9.17, 15) is 0 Å². The summed E-state index contributed by atoms with van der Waals surface area (Å²) in [5, 5.41) is 3.46. The third-order valence-corrected chi connectivity index (χ3v) is 3.62. The molecule has 21 heavy (non-hydrogen) atoms. The summed E-state index contributed by atoms with van der Waals surface area (Å²) >= 11 is 0. The maximum Gasteiger partial charge on any atom is 0.146 e. The zero-order valence-corrected chi connectivity index (χ0v) is 12.5. The largest absolute Gasteiger partial charge is 0.497 e. The van der Waals surface area contributed by atoms with E-state index in [0.717, 1.165) is 29.6 Å². The lowest BCUT2D eigenvalue weighted by molar-refractivity contribution is 0.263. The number of furan rings is 1. The van der Waals surface area contributed by atoms with Gasteiger partial charge in [-0.25, -0.2) is 0 Å². The van der Waals surface area contributed by atoms with E-state index in [4.69, 9.17) is 13.9 Å². The molecule has 1 aliphatic carbocycles. The highest BCUT2D eigenvalue weighted by molar-refractivity contribution is 5.33. The molecule has 1 N–H and O–H groups in total. The fourth-order valence-corrected chi connectivity index (χ4v) is 2.21. The van der Waals surface area contributed by atoms with Crippen molar-refractivity contribution in [2.24, 2.45) is 0 Å². The maximum absolute atomic E-state index is 5.85. The zero-order valence-electron chi connectivity index (χ0n) is 12.5. The van der Waals surface area contributed by atoms with E-state index in [-0.39, 0.29) is 0 Å². The number of rotatable bonds is 7. The predicted molar refractivity (Wildman–Crippen MR) is 80.6 cm³/mol. The number of hydrogen-bond donors (Lipinski definition) is 1. The maximum atomic E-state index is 5.85. The first-order chi connectivity index (χ1) is 10.2. The molecule has 3 rings (SSSR count). The molecule has 0 atom stereocenters. The lowest BCUT2D eigenvalue weighted by Crippen LogP contribution is -2.15. The standard InChI is InChI=1S/C17H21NO3/c1-12-8-16(21-17(12)10-18-13-6-7-13)11-20-15-5-3-4-14(9-15)19-2/h3-5,8-9,13,18H,6-7,10-11H2,1-2H3. The van der Waals surface area contributed by atoms with Crippen LogP contribution in [0.25, 0.3) is 0 Å². The summed E-state index contributed by atoms with van der Waals surface area (Å²) in [5.41, 5.74) is 1.17. The van der Waals surface area contributed by atoms with Crippen molar-refractivity contribution in [3.63, 3.8) is 0 Å². The van der Waals surface area contributed by atoms with Gasteiger partial charge < -0.3 is 19.2 Å². The molecule has 0 unspecified atom stereocenters. The van der Waals surface area contributed by atoms with Crippen LogP contribution < -0.4 is 14.8 Å². The van der Waals surface area contributed by atoms with Crippen LogP contribution in [0.5, 0.6) is 11.5 Å². The van der Waals surface area contributed by atoms with E-state index < -0.39 is 0 Å². The van der Waals surface area contributed by atoms with Crippen LogP contribution in [0.1, 0.15) is 29.9 Å². The average molecular weight is 287 g/mol. The normalized spacial score (nSPS) is 14.2. The summed E-state index contributed by atoms with van der Waals surface area (Å²) in [5.74, 6) is 3.42. The Morgan fingerprint density at radius 3 is 2.81 bits per heavy atom. The summed E-state index contributed by atoms with van der Waals surface area (Å²) in [6.07, 6.45) is 2.57. The number of ether oxygens (including phenoxy) is 2. The first-order valence-corrected chi connectivity index (χ1v) is 7.33. The molecule has 1 aromatic heterocycles. The lowest BCUT2D eigenvalue weighted by atomic mass is 10.2. The topological polar surface area (TPSA) is 43.6 Å². The van der Waals surface area contributed by atoms with Crippen LogP contribution in [-0.4, -0.2) is 13.2 Å². The molecule has 1 saturated carbocycles.